The number of pyridine rings is 1. The van der Waals surface area contributed by atoms with Crippen molar-refractivity contribution < 1.29 is 14.7 Å². The monoisotopic (exact) mass is 298 g/mol. The van der Waals surface area contributed by atoms with Crippen molar-refractivity contribution in [2.45, 2.75) is 33.2 Å². The van der Waals surface area contributed by atoms with Crippen LogP contribution < -0.4 is 0 Å². The Kier molecular flexibility index (Phi) is 3.35. The standard InChI is InChI=1S/C17H18N2O3/c1-9-6-10(2)15-12(7-9)13(8-11(3)18-15)16(20)19-5-4-14(19)17(21)22/h6-8,14H,4-5H2,1-3H3,(H,21,22)/t14-/m1/s1. The van der Waals surface area contributed by atoms with Crippen LogP contribution in [0.3, 0.4) is 0 Å². The number of fused-ring (bicyclic) bond motifs is 1. The molecule has 5 nitrogen and oxygen atoms in total. The SMILES string of the molecule is Cc1cc(C)c2nc(C)cc(C(=O)N3CC[C@@H]3C(=O)O)c2c1. The van der Waals surface area contributed by atoms with Gasteiger partial charge in [-0.15, -0.1) is 0 Å². The van der Waals surface area contributed by atoms with E-state index in [1.165, 1.54) is 4.90 Å². The molecule has 22 heavy (non-hydrogen) atoms. The van der Waals surface area contributed by atoms with Crippen LogP contribution >= 0.6 is 0 Å². The molecule has 5 heteroatoms. The van der Waals surface area contributed by atoms with Crippen LogP contribution in [0.4, 0.5) is 0 Å². The summed E-state index contributed by atoms with van der Waals surface area (Å²) in [5.74, 6) is -1.17. The predicted molar refractivity (Wildman–Crippen MR) is 83.0 cm³/mol. The maximum atomic E-state index is 12.8. The minimum absolute atomic E-state index is 0.223. The molecule has 2 aromatic rings. The molecule has 1 saturated heterocycles. The Balaban J connectivity index is 2.14. The summed E-state index contributed by atoms with van der Waals surface area (Å²) in [5.41, 5.74) is 4.19. The Morgan fingerprint density at radius 3 is 2.55 bits per heavy atom. The lowest BCUT2D eigenvalue weighted by atomic mass is 9.97. The smallest absolute Gasteiger partial charge is 0.326 e. The Hall–Kier alpha value is -2.43. The van der Waals surface area contributed by atoms with Crippen LogP contribution in [0.1, 0.15) is 33.6 Å². The molecule has 1 fully saturated rings. The van der Waals surface area contributed by atoms with E-state index in [-0.39, 0.29) is 5.91 Å². The number of nitrogens with zero attached hydrogens (tertiary/aromatic N) is 2. The highest BCUT2D eigenvalue weighted by atomic mass is 16.4. The number of carboxylic acid groups (broad SMARTS) is 1. The summed E-state index contributed by atoms with van der Waals surface area (Å²) in [5, 5.41) is 9.94. The number of carbonyl (C=O) groups is 2. The number of likely N-dealkylation sites (tertiary alicyclic amines) is 1. The van der Waals surface area contributed by atoms with Gasteiger partial charge in [-0.2, -0.15) is 0 Å². The number of aromatic nitrogens is 1. The highest BCUT2D eigenvalue weighted by Crippen LogP contribution is 2.27. The lowest BCUT2D eigenvalue weighted by molar-refractivity contribution is -0.146. The van der Waals surface area contributed by atoms with Gasteiger partial charge in [0.1, 0.15) is 6.04 Å². The molecule has 1 aromatic heterocycles. The second kappa shape index (κ2) is 5.09. The minimum atomic E-state index is -0.943. The molecular formula is C17H18N2O3. The first kappa shape index (κ1) is 14.5. The number of hydrogen-bond acceptors (Lipinski definition) is 3. The molecule has 1 N–H and O–H groups in total. The van der Waals surface area contributed by atoms with Gasteiger partial charge in [0.15, 0.2) is 0 Å². The van der Waals surface area contributed by atoms with E-state index in [1.807, 2.05) is 32.9 Å². The first-order valence-corrected chi connectivity index (χ1v) is 7.31. The first-order chi connectivity index (χ1) is 10.4. The Bertz CT molecular complexity index is 798. The van der Waals surface area contributed by atoms with Gasteiger partial charge >= 0.3 is 5.97 Å². The van der Waals surface area contributed by atoms with Gasteiger partial charge in [-0.1, -0.05) is 11.6 Å². The Morgan fingerprint density at radius 2 is 1.95 bits per heavy atom. The third kappa shape index (κ3) is 2.22. The molecule has 0 spiro atoms. The molecule has 114 valence electrons. The van der Waals surface area contributed by atoms with Crippen molar-refractivity contribution in [2.75, 3.05) is 6.54 Å². The third-order valence-electron chi connectivity index (χ3n) is 4.17. The molecule has 1 aromatic carbocycles. The first-order valence-electron chi connectivity index (χ1n) is 7.31. The zero-order valence-corrected chi connectivity index (χ0v) is 12.9. The molecule has 1 aliphatic heterocycles. The number of carbonyl (C=O) groups excluding carboxylic acids is 1. The van der Waals surface area contributed by atoms with Gasteiger partial charge in [0.2, 0.25) is 0 Å². The molecule has 0 radical (unpaired) electrons. The normalized spacial score (nSPS) is 17.4. The van der Waals surface area contributed by atoms with E-state index in [9.17, 15) is 9.59 Å². The summed E-state index contributed by atoms with van der Waals surface area (Å²) in [7, 11) is 0. The summed E-state index contributed by atoms with van der Waals surface area (Å²) >= 11 is 0. The van der Waals surface area contributed by atoms with Crippen LogP contribution in [-0.4, -0.2) is 39.5 Å². The van der Waals surface area contributed by atoms with Crippen molar-refractivity contribution in [3.63, 3.8) is 0 Å². The van der Waals surface area contributed by atoms with E-state index in [1.54, 1.807) is 6.07 Å². The van der Waals surface area contributed by atoms with E-state index in [0.717, 1.165) is 27.7 Å². The van der Waals surface area contributed by atoms with Crippen molar-refractivity contribution in [3.05, 3.63) is 40.6 Å². The van der Waals surface area contributed by atoms with E-state index < -0.39 is 12.0 Å². The largest absolute Gasteiger partial charge is 0.480 e. The average molecular weight is 298 g/mol. The molecule has 2 heterocycles. The van der Waals surface area contributed by atoms with Crippen LogP contribution in [-0.2, 0) is 4.79 Å². The van der Waals surface area contributed by atoms with Crippen molar-refractivity contribution in [2.24, 2.45) is 0 Å². The Morgan fingerprint density at radius 1 is 1.23 bits per heavy atom. The maximum absolute atomic E-state index is 12.8. The number of aliphatic carboxylic acids is 1. The summed E-state index contributed by atoms with van der Waals surface area (Å²) < 4.78 is 0. The molecule has 0 aliphatic carbocycles. The molecule has 3 rings (SSSR count). The number of benzene rings is 1. The highest BCUT2D eigenvalue weighted by Gasteiger charge is 2.38. The maximum Gasteiger partial charge on any atom is 0.326 e. The number of carboxylic acids is 1. The van der Waals surface area contributed by atoms with Gasteiger partial charge in [0.05, 0.1) is 11.1 Å². The summed E-state index contributed by atoms with van der Waals surface area (Å²) in [6.45, 7) is 6.29. The fraction of sp³-hybridized carbons (Fsp3) is 0.353. The molecule has 1 aliphatic rings. The van der Waals surface area contributed by atoms with E-state index in [0.29, 0.717) is 18.5 Å². The summed E-state index contributed by atoms with van der Waals surface area (Å²) in [6.07, 6.45) is 0.515. The molecular weight excluding hydrogens is 280 g/mol. The lowest BCUT2D eigenvalue weighted by Gasteiger charge is -2.38. The van der Waals surface area contributed by atoms with Gasteiger partial charge < -0.3 is 10.0 Å². The second-order valence-corrected chi connectivity index (χ2v) is 5.93. The van der Waals surface area contributed by atoms with Crippen LogP contribution in [0, 0.1) is 20.8 Å². The van der Waals surface area contributed by atoms with Crippen molar-refractivity contribution >= 4 is 22.8 Å². The van der Waals surface area contributed by atoms with Crippen LogP contribution in [0.15, 0.2) is 18.2 Å². The number of hydrogen-bond donors (Lipinski definition) is 1. The van der Waals surface area contributed by atoms with Gasteiger partial charge in [-0.3, -0.25) is 9.78 Å². The van der Waals surface area contributed by atoms with Crippen molar-refractivity contribution in [3.8, 4) is 0 Å². The van der Waals surface area contributed by atoms with Crippen LogP contribution in [0.5, 0.6) is 0 Å². The second-order valence-electron chi connectivity index (χ2n) is 5.93. The zero-order valence-electron chi connectivity index (χ0n) is 12.9. The predicted octanol–water partition coefficient (Wildman–Crippen LogP) is 2.46. The number of aryl methyl sites for hydroxylation is 3. The topological polar surface area (TPSA) is 70.5 Å². The van der Waals surface area contributed by atoms with Crippen molar-refractivity contribution in [1.29, 1.82) is 0 Å². The van der Waals surface area contributed by atoms with Gasteiger partial charge in [0.25, 0.3) is 5.91 Å². The number of amides is 1. The van der Waals surface area contributed by atoms with Gasteiger partial charge in [0, 0.05) is 17.6 Å². The highest BCUT2D eigenvalue weighted by molar-refractivity contribution is 6.08. The molecule has 0 saturated carbocycles. The summed E-state index contributed by atoms with van der Waals surface area (Å²) in [6, 6.07) is 5.02. The van der Waals surface area contributed by atoms with Crippen molar-refractivity contribution in [1.82, 2.24) is 9.88 Å². The quantitative estimate of drug-likeness (QED) is 0.924. The van der Waals surface area contributed by atoms with Crippen LogP contribution in [0.2, 0.25) is 0 Å². The lowest BCUT2D eigenvalue weighted by Crippen LogP contribution is -2.55. The van der Waals surface area contributed by atoms with E-state index in [4.69, 9.17) is 5.11 Å². The third-order valence-corrected chi connectivity index (χ3v) is 4.17. The molecule has 1 atom stereocenters. The zero-order chi connectivity index (χ0) is 16.0. The molecule has 0 unspecified atom stereocenters. The Labute approximate surface area is 128 Å². The van der Waals surface area contributed by atoms with Gasteiger partial charge in [-0.05, 0) is 44.9 Å². The van der Waals surface area contributed by atoms with E-state index in [2.05, 4.69) is 4.98 Å². The number of rotatable bonds is 2. The molecule has 0 bridgehead atoms. The van der Waals surface area contributed by atoms with Gasteiger partial charge in [-0.25, -0.2) is 4.79 Å². The summed E-state index contributed by atoms with van der Waals surface area (Å²) in [4.78, 5) is 29.9. The average Bonchev–Trinajstić information content (AvgIpc) is 2.36. The minimum Gasteiger partial charge on any atom is -0.480 e. The molecule has 1 amide bonds. The fourth-order valence-electron chi connectivity index (χ4n) is 3.03. The van der Waals surface area contributed by atoms with Crippen LogP contribution in [0.25, 0.3) is 10.9 Å². The fourth-order valence-corrected chi connectivity index (χ4v) is 3.03. The van der Waals surface area contributed by atoms with E-state index >= 15 is 0 Å².